The minimum atomic E-state index is -0.0334. The molecule has 2 rings (SSSR count). The number of carbonyl (C=O) groups excluding carboxylic acids is 1. The van der Waals surface area contributed by atoms with Crippen LogP contribution in [-0.2, 0) is 4.79 Å². The molecule has 0 heterocycles. The maximum absolute atomic E-state index is 12.1. The van der Waals surface area contributed by atoms with Crippen molar-refractivity contribution >= 4 is 23.4 Å². The predicted molar refractivity (Wildman–Crippen MR) is 92.0 cm³/mol. The van der Waals surface area contributed by atoms with Crippen LogP contribution >= 0.6 is 11.8 Å². The fraction of sp³-hybridized carbons (Fsp3) is 0.529. The van der Waals surface area contributed by atoms with Crippen molar-refractivity contribution in [3.63, 3.8) is 0 Å². The van der Waals surface area contributed by atoms with Crippen molar-refractivity contribution in [1.82, 2.24) is 4.90 Å². The van der Waals surface area contributed by atoms with Crippen LogP contribution in [0, 0.1) is 11.3 Å². The quantitative estimate of drug-likeness (QED) is 0.876. The van der Waals surface area contributed by atoms with Crippen LogP contribution in [0.25, 0.3) is 0 Å². The molecule has 1 amide bonds. The van der Waals surface area contributed by atoms with Gasteiger partial charge in [-0.3, -0.25) is 4.79 Å². The second-order valence-electron chi connectivity index (χ2n) is 5.76. The molecular formula is C17H23N3OS. The third kappa shape index (κ3) is 4.49. The standard InChI is InChI=1S/C17H23N3OS/c1-20(14-7-8-15(11-14)22-2)10-9-17(21)19-16-6-4-3-5-13(16)12-18/h3-6,14-15H,7-11H2,1-2H3,(H,19,21)/t14-,15-/m0/s1. The molecule has 1 aliphatic carbocycles. The summed E-state index contributed by atoms with van der Waals surface area (Å²) in [7, 11) is 2.10. The van der Waals surface area contributed by atoms with Gasteiger partial charge >= 0.3 is 0 Å². The second kappa shape index (κ2) is 8.21. The van der Waals surface area contributed by atoms with Crippen LogP contribution < -0.4 is 5.32 Å². The average Bonchev–Trinajstić information content (AvgIpc) is 3.02. The van der Waals surface area contributed by atoms with Crippen LogP contribution in [0.1, 0.15) is 31.2 Å². The monoisotopic (exact) mass is 317 g/mol. The molecule has 5 heteroatoms. The Bertz CT molecular complexity index is 555. The van der Waals surface area contributed by atoms with Crippen molar-refractivity contribution in [3.05, 3.63) is 29.8 Å². The van der Waals surface area contributed by atoms with Gasteiger partial charge in [0.15, 0.2) is 0 Å². The zero-order valence-electron chi connectivity index (χ0n) is 13.2. The Morgan fingerprint density at radius 1 is 1.45 bits per heavy atom. The number of nitrogens with one attached hydrogen (secondary N) is 1. The van der Waals surface area contributed by atoms with E-state index in [9.17, 15) is 4.79 Å². The highest BCUT2D eigenvalue weighted by Crippen LogP contribution is 2.30. The van der Waals surface area contributed by atoms with E-state index < -0.39 is 0 Å². The fourth-order valence-electron chi connectivity index (χ4n) is 2.89. The van der Waals surface area contributed by atoms with E-state index in [-0.39, 0.29) is 5.91 Å². The molecule has 4 nitrogen and oxygen atoms in total. The van der Waals surface area contributed by atoms with E-state index >= 15 is 0 Å². The maximum Gasteiger partial charge on any atom is 0.225 e. The van der Waals surface area contributed by atoms with Crippen molar-refractivity contribution < 1.29 is 4.79 Å². The Kier molecular flexibility index (Phi) is 6.29. The van der Waals surface area contributed by atoms with Crippen molar-refractivity contribution in [2.24, 2.45) is 0 Å². The predicted octanol–water partition coefficient (Wildman–Crippen LogP) is 3.10. The number of hydrogen-bond acceptors (Lipinski definition) is 4. The number of anilines is 1. The molecule has 0 saturated heterocycles. The number of nitrogens with zero attached hydrogens (tertiary/aromatic N) is 2. The lowest BCUT2D eigenvalue weighted by atomic mass is 10.2. The topological polar surface area (TPSA) is 56.1 Å². The number of carbonyl (C=O) groups is 1. The number of benzene rings is 1. The van der Waals surface area contributed by atoms with Gasteiger partial charge in [0.05, 0.1) is 11.3 Å². The van der Waals surface area contributed by atoms with Crippen molar-refractivity contribution in [2.75, 3.05) is 25.2 Å². The van der Waals surface area contributed by atoms with Crippen LogP contribution in [-0.4, -0.2) is 41.9 Å². The lowest BCUT2D eigenvalue weighted by molar-refractivity contribution is -0.116. The van der Waals surface area contributed by atoms with Gasteiger partial charge in [0, 0.05) is 24.3 Å². The number of nitriles is 1. The van der Waals surface area contributed by atoms with Crippen LogP contribution in [0.5, 0.6) is 0 Å². The fourth-order valence-corrected chi connectivity index (χ4v) is 3.68. The Hall–Kier alpha value is -1.51. The summed E-state index contributed by atoms with van der Waals surface area (Å²) in [5.41, 5.74) is 1.10. The Morgan fingerprint density at radius 2 is 2.23 bits per heavy atom. The van der Waals surface area contributed by atoms with Gasteiger partial charge in [-0.15, -0.1) is 0 Å². The minimum Gasteiger partial charge on any atom is -0.325 e. The summed E-state index contributed by atoms with van der Waals surface area (Å²) in [6.45, 7) is 0.756. The molecular weight excluding hydrogens is 294 g/mol. The summed E-state index contributed by atoms with van der Waals surface area (Å²) in [5, 5.41) is 12.6. The molecule has 1 aliphatic rings. The summed E-state index contributed by atoms with van der Waals surface area (Å²) in [6.07, 6.45) is 6.35. The van der Waals surface area contributed by atoms with E-state index in [0.717, 1.165) is 11.8 Å². The molecule has 0 unspecified atom stereocenters. The molecule has 1 aromatic carbocycles. The highest BCUT2D eigenvalue weighted by atomic mass is 32.2. The van der Waals surface area contributed by atoms with Gasteiger partial charge in [-0.1, -0.05) is 12.1 Å². The van der Waals surface area contributed by atoms with Gasteiger partial charge < -0.3 is 10.2 Å². The highest BCUT2D eigenvalue weighted by Gasteiger charge is 2.26. The highest BCUT2D eigenvalue weighted by molar-refractivity contribution is 7.99. The molecule has 0 aromatic heterocycles. The van der Waals surface area contributed by atoms with Gasteiger partial charge in [-0.05, 0) is 44.7 Å². The Balaban J connectivity index is 1.79. The lowest BCUT2D eigenvalue weighted by Gasteiger charge is -2.24. The number of hydrogen-bond donors (Lipinski definition) is 1. The third-order valence-corrected chi connectivity index (χ3v) is 5.42. The van der Waals surface area contributed by atoms with Crippen LogP contribution in [0.15, 0.2) is 24.3 Å². The summed E-state index contributed by atoms with van der Waals surface area (Å²) in [4.78, 5) is 14.4. The molecule has 0 spiro atoms. The van der Waals surface area contributed by atoms with Gasteiger partial charge in [-0.2, -0.15) is 17.0 Å². The van der Waals surface area contributed by atoms with E-state index in [4.69, 9.17) is 5.26 Å². The zero-order chi connectivity index (χ0) is 15.9. The molecule has 1 aromatic rings. The van der Waals surface area contributed by atoms with E-state index in [1.165, 1.54) is 19.3 Å². The number of amides is 1. The lowest BCUT2D eigenvalue weighted by Crippen LogP contribution is -2.32. The minimum absolute atomic E-state index is 0.0334. The first-order valence-electron chi connectivity index (χ1n) is 7.66. The molecule has 2 atom stereocenters. The third-order valence-electron chi connectivity index (χ3n) is 4.33. The molecule has 1 fully saturated rings. The van der Waals surface area contributed by atoms with Crippen LogP contribution in [0.4, 0.5) is 5.69 Å². The Morgan fingerprint density at radius 3 is 2.91 bits per heavy atom. The first-order chi connectivity index (χ1) is 10.6. The average molecular weight is 317 g/mol. The Labute approximate surface area is 136 Å². The number of rotatable bonds is 6. The second-order valence-corrected chi connectivity index (χ2v) is 6.90. The normalized spacial score (nSPS) is 20.8. The summed E-state index contributed by atoms with van der Waals surface area (Å²) < 4.78 is 0. The zero-order valence-corrected chi connectivity index (χ0v) is 14.0. The van der Waals surface area contributed by atoms with Crippen molar-refractivity contribution in [1.29, 1.82) is 5.26 Å². The van der Waals surface area contributed by atoms with Gasteiger partial charge in [0.25, 0.3) is 0 Å². The van der Waals surface area contributed by atoms with Crippen molar-refractivity contribution in [2.45, 2.75) is 37.0 Å². The van der Waals surface area contributed by atoms with E-state index in [1.54, 1.807) is 18.2 Å². The van der Waals surface area contributed by atoms with Crippen LogP contribution in [0.2, 0.25) is 0 Å². The molecule has 0 aliphatic heterocycles. The van der Waals surface area contributed by atoms with E-state index in [2.05, 4.69) is 29.6 Å². The van der Waals surface area contributed by atoms with E-state index in [0.29, 0.717) is 23.7 Å². The molecule has 0 bridgehead atoms. The SMILES string of the molecule is CS[C@H]1CC[C@H](N(C)CCC(=O)Nc2ccccc2C#N)C1. The van der Waals surface area contributed by atoms with Gasteiger partial charge in [0.2, 0.25) is 5.91 Å². The molecule has 1 N–H and O–H groups in total. The molecule has 0 radical (unpaired) electrons. The molecule has 22 heavy (non-hydrogen) atoms. The first kappa shape index (κ1) is 16.9. The van der Waals surface area contributed by atoms with Gasteiger partial charge in [-0.25, -0.2) is 0 Å². The first-order valence-corrected chi connectivity index (χ1v) is 8.95. The molecule has 118 valence electrons. The van der Waals surface area contributed by atoms with Crippen LogP contribution in [0.3, 0.4) is 0 Å². The van der Waals surface area contributed by atoms with E-state index in [1.807, 2.05) is 17.8 Å². The maximum atomic E-state index is 12.1. The number of para-hydroxylation sites is 1. The number of thioether (sulfide) groups is 1. The smallest absolute Gasteiger partial charge is 0.225 e. The summed E-state index contributed by atoms with van der Waals surface area (Å²) in [5.74, 6) is -0.0334. The summed E-state index contributed by atoms with van der Waals surface area (Å²) >= 11 is 1.95. The largest absolute Gasteiger partial charge is 0.325 e. The van der Waals surface area contributed by atoms with Crippen molar-refractivity contribution in [3.8, 4) is 6.07 Å². The summed E-state index contributed by atoms with van der Waals surface area (Å²) in [6, 6.07) is 9.78. The molecule has 1 saturated carbocycles. The van der Waals surface area contributed by atoms with Gasteiger partial charge in [0.1, 0.15) is 6.07 Å².